The van der Waals surface area contributed by atoms with Gasteiger partial charge in [0, 0.05) is 12.5 Å². The summed E-state index contributed by atoms with van der Waals surface area (Å²) in [5.41, 5.74) is -0.834. The Morgan fingerprint density at radius 3 is 2.16 bits per heavy atom. The van der Waals surface area contributed by atoms with Crippen molar-refractivity contribution in [2.45, 2.75) is 12.8 Å². The van der Waals surface area contributed by atoms with Crippen LogP contribution in [0.25, 0.3) is 0 Å². The third-order valence-corrected chi connectivity index (χ3v) is 3.64. The Kier molecular flexibility index (Phi) is 5.02. The summed E-state index contributed by atoms with van der Waals surface area (Å²) in [6, 6.07) is 5.25. The van der Waals surface area contributed by atoms with Gasteiger partial charge in [-0.1, -0.05) is 6.07 Å². The SMILES string of the molecule is COc1ccc(CCC(=O)c2c(O)cc(O)c(C(=O)O)c2O)cc1O. The van der Waals surface area contributed by atoms with Crippen LogP contribution in [0.3, 0.4) is 0 Å². The number of rotatable bonds is 6. The third-order valence-electron chi connectivity index (χ3n) is 3.64. The molecule has 0 radical (unpaired) electrons. The first-order valence-corrected chi connectivity index (χ1v) is 7.16. The number of aromatic carboxylic acids is 1. The van der Waals surface area contributed by atoms with Crippen LogP contribution < -0.4 is 4.74 Å². The minimum Gasteiger partial charge on any atom is -0.507 e. The molecule has 0 amide bonds. The summed E-state index contributed by atoms with van der Waals surface area (Å²) in [5, 5.41) is 47.9. The summed E-state index contributed by atoms with van der Waals surface area (Å²) in [4.78, 5) is 23.3. The molecule has 2 aromatic carbocycles. The van der Waals surface area contributed by atoms with E-state index in [1.807, 2.05) is 0 Å². The second kappa shape index (κ2) is 7.00. The standard InChI is InChI=1S/C17H16O8/c1-25-13-5-3-8(6-10(13)19)2-4-9(18)14-11(20)7-12(21)15(16(14)22)17(23)24/h3,5-7,19-22H,2,4H2,1H3,(H,23,24). The van der Waals surface area contributed by atoms with Gasteiger partial charge in [0.2, 0.25) is 0 Å². The number of aromatic hydroxyl groups is 4. The second-order valence-electron chi connectivity index (χ2n) is 5.25. The van der Waals surface area contributed by atoms with Gasteiger partial charge >= 0.3 is 5.97 Å². The molecule has 0 heterocycles. The van der Waals surface area contributed by atoms with Crippen molar-refractivity contribution in [1.29, 1.82) is 0 Å². The number of Topliss-reactive ketones (excluding diaryl/α,β-unsaturated/α-hetero) is 1. The fraction of sp³-hybridized carbons (Fsp3) is 0.176. The molecule has 0 unspecified atom stereocenters. The molecule has 5 N–H and O–H groups in total. The number of phenolic OH excluding ortho intramolecular Hbond substituents is 2. The highest BCUT2D eigenvalue weighted by Gasteiger charge is 2.26. The molecular formula is C17H16O8. The average molecular weight is 348 g/mol. The maximum absolute atomic E-state index is 12.3. The lowest BCUT2D eigenvalue weighted by Crippen LogP contribution is -2.06. The molecule has 0 fully saturated rings. The number of aryl methyl sites for hydroxylation is 1. The van der Waals surface area contributed by atoms with Crippen LogP contribution in [0.15, 0.2) is 24.3 Å². The zero-order valence-corrected chi connectivity index (χ0v) is 13.2. The van der Waals surface area contributed by atoms with Crippen LogP contribution >= 0.6 is 0 Å². The first-order valence-electron chi connectivity index (χ1n) is 7.16. The fourth-order valence-corrected chi connectivity index (χ4v) is 2.40. The number of hydrogen-bond donors (Lipinski definition) is 5. The molecule has 0 aromatic heterocycles. The van der Waals surface area contributed by atoms with Gasteiger partial charge in [-0.05, 0) is 24.1 Å². The highest BCUT2D eigenvalue weighted by atomic mass is 16.5. The predicted molar refractivity (Wildman–Crippen MR) is 85.7 cm³/mol. The van der Waals surface area contributed by atoms with E-state index in [1.165, 1.54) is 19.2 Å². The lowest BCUT2D eigenvalue weighted by molar-refractivity contribution is 0.0690. The topological polar surface area (TPSA) is 145 Å². The molecular weight excluding hydrogens is 332 g/mol. The lowest BCUT2D eigenvalue weighted by atomic mass is 9.98. The van der Waals surface area contributed by atoms with E-state index in [0.717, 1.165) is 0 Å². The molecule has 0 aliphatic heterocycles. The number of carboxylic acids is 1. The van der Waals surface area contributed by atoms with Gasteiger partial charge in [0.25, 0.3) is 0 Å². The Hall–Kier alpha value is -3.42. The van der Waals surface area contributed by atoms with Gasteiger partial charge in [0.15, 0.2) is 17.3 Å². The van der Waals surface area contributed by atoms with Gasteiger partial charge in [-0.3, -0.25) is 4.79 Å². The second-order valence-corrected chi connectivity index (χ2v) is 5.25. The Labute approximate surface area is 142 Å². The van der Waals surface area contributed by atoms with Crippen molar-refractivity contribution < 1.29 is 39.9 Å². The molecule has 0 atom stereocenters. The molecule has 132 valence electrons. The summed E-state index contributed by atoms with van der Waals surface area (Å²) >= 11 is 0. The number of carboxylic acid groups (broad SMARTS) is 1. The Morgan fingerprint density at radius 1 is 0.960 bits per heavy atom. The van der Waals surface area contributed by atoms with Crippen LogP contribution in [0, 0.1) is 0 Å². The minimum atomic E-state index is -1.64. The number of carbonyl (C=O) groups is 2. The zero-order valence-electron chi connectivity index (χ0n) is 13.2. The molecule has 8 nitrogen and oxygen atoms in total. The molecule has 0 spiro atoms. The maximum atomic E-state index is 12.3. The van der Waals surface area contributed by atoms with Gasteiger partial charge in [-0.25, -0.2) is 4.79 Å². The largest absolute Gasteiger partial charge is 0.507 e. The van der Waals surface area contributed by atoms with E-state index >= 15 is 0 Å². The number of hydrogen-bond acceptors (Lipinski definition) is 7. The zero-order chi connectivity index (χ0) is 18.7. The molecule has 0 saturated carbocycles. The maximum Gasteiger partial charge on any atom is 0.343 e. The van der Waals surface area contributed by atoms with Gasteiger partial charge in [0.1, 0.15) is 28.4 Å². The summed E-state index contributed by atoms with van der Waals surface area (Å²) in [5.74, 6) is -4.74. The van der Waals surface area contributed by atoms with Crippen LogP contribution in [0.5, 0.6) is 28.7 Å². The molecule has 2 aromatic rings. The fourth-order valence-electron chi connectivity index (χ4n) is 2.40. The Balaban J connectivity index is 2.25. The lowest BCUT2D eigenvalue weighted by Gasteiger charge is -2.11. The average Bonchev–Trinajstić information content (AvgIpc) is 2.52. The van der Waals surface area contributed by atoms with Crippen molar-refractivity contribution >= 4 is 11.8 Å². The van der Waals surface area contributed by atoms with E-state index in [1.54, 1.807) is 6.07 Å². The normalized spacial score (nSPS) is 10.4. The van der Waals surface area contributed by atoms with Gasteiger partial charge in [-0.15, -0.1) is 0 Å². The number of phenols is 4. The molecule has 0 aliphatic rings. The molecule has 0 saturated heterocycles. The highest BCUT2D eigenvalue weighted by Crippen LogP contribution is 2.38. The third kappa shape index (κ3) is 3.57. The molecule has 8 heteroatoms. The van der Waals surface area contributed by atoms with Crippen LogP contribution in [-0.4, -0.2) is 44.4 Å². The van der Waals surface area contributed by atoms with E-state index in [0.29, 0.717) is 11.6 Å². The van der Waals surface area contributed by atoms with Crippen LogP contribution in [-0.2, 0) is 6.42 Å². The molecule has 2 rings (SSSR count). The number of ketones is 1. The first kappa shape index (κ1) is 17.9. The number of methoxy groups -OCH3 is 1. The van der Waals surface area contributed by atoms with Gasteiger partial charge in [0.05, 0.1) is 7.11 Å². The summed E-state index contributed by atoms with van der Waals surface area (Å²) < 4.78 is 4.91. The summed E-state index contributed by atoms with van der Waals surface area (Å²) in [6.07, 6.45) is -0.00469. The van der Waals surface area contributed by atoms with Crippen molar-refractivity contribution in [3.63, 3.8) is 0 Å². The van der Waals surface area contributed by atoms with E-state index in [2.05, 4.69) is 0 Å². The quantitative estimate of drug-likeness (QED) is 0.499. The van der Waals surface area contributed by atoms with Crippen molar-refractivity contribution in [2.24, 2.45) is 0 Å². The Bertz CT molecular complexity index is 841. The molecule has 0 aliphatic carbocycles. The van der Waals surface area contributed by atoms with E-state index in [-0.39, 0.29) is 24.3 Å². The van der Waals surface area contributed by atoms with Gasteiger partial charge < -0.3 is 30.3 Å². The molecule has 25 heavy (non-hydrogen) atoms. The van der Waals surface area contributed by atoms with Crippen molar-refractivity contribution in [3.05, 3.63) is 41.0 Å². The minimum absolute atomic E-state index is 0.101. The van der Waals surface area contributed by atoms with Crippen molar-refractivity contribution in [2.75, 3.05) is 7.11 Å². The predicted octanol–water partition coefficient (Wildman–Crippen LogP) is 2.03. The van der Waals surface area contributed by atoms with E-state index < -0.39 is 40.1 Å². The van der Waals surface area contributed by atoms with Crippen LogP contribution in [0.1, 0.15) is 32.7 Å². The summed E-state index contributed by atoms with van der Waals surface area (Å²) in [6.45, 7) is 0. The Morgan fingerprint density at radius 2 is 1.60 bits per heavy atom. The summed E-state index contributed by atoms with van der Waals surface area (Å²) in [7, 11) is 1.40. The smallest absolute Gasteiger partial charge is 0.343 e. The number of benzene rings is 2. The molecule has 0 bridgehead atoms. The van der Waals surface area contributed by atoms with Crippen LogP contribution in [0.2, 0.25) is 0 Å². The van der Waals surface area contributed by atoms with Crippen LogP contribution in [0.4, 0.5) is 0 Å². The highest BCUT2D eigenvalue weighted by molar-refractivity contribution is 6.06. The number of ether oxygens (including phenoxy) is 1. The van der Waals surface area contributed by atoms with Crippen molar-refractivity contribution in [3.8, 4) is 28.7 Å². The monoisotopic (exact) mass is 348 g/mol. The first-order chi connectivity index (χ1) is 11.8. The van der Waals surface area contributed by atoms with Crippen molar-refractivity contribution in [1.82, 2.24) is 0 Å². The number of carbonyl (C=O) groups excluding carboxylic acids is 1. The van der Waals surface area contributed by atoms with Gasteiger partial charge in [-0.2, -0.15) is 0 Å². The van der Waals surface area contributed by atoms with E-state index in [4.69, 9.17) is 9.84 Å². The van der Waals surface area contributed by atoms with E-state index in [9.17, 15) is 30.0 Å².